The Morgan fingerprint density at radius 2 is 2.50 bits per heavy atom. The second-order valence-electron chi connectivity index (χ2n) is 3.63. The van der Waals surface area contributed by atoms with E-state index in [0.29, 0.717) is 13.0 Å². The summed E-state index contributed by atoms with van der Waals surface area (Å²) in [6.45, 7) is 0.636. The minimum absolute atomic E-state index is 0.0384. The number of carbonyl (C=O) groups excluding carboxylic acids is 1. The number of carbonyl (C=O) groups is 1. The van der Waals surface area contributed by atoms with Gasteiger partial charge < -0.3 is 15.7 Å². The molecule has 3 N–H and O–H groups in total. The standard InChI is InChI=1S/C9H18N2O2S/c1-14-3-2-8(6-12)11-5-7(10)4-9(11)13/h7-8,12H,2-6,10H2,1H3/t7?,8-/m0/s1. The van der Waals surface area contributed by atoms with Crippen LogP contribution in [0.25, 0.3) is 0 Å². The SMILES string of the molecule is CSCC[C@@H](CO)N1CC(N)CC1=O. The van der Waals surface area contributed by atoms with E-state index < -0.39 is 0 Å². The van der Waals surface area contributed by atoms with Crippen molar-refractivity contribution >= 4 is 17.7 Å². The van der Waals surface area contributed by atoms with Crippen molar-refractivity contribution in [1.29, 1.82) is 0 Å². The number of hydrogen-bond donors (Lipinski definition) is 2. The molecule has 4 nitrogen and oxygen atoms in total. The van der Waals surface area contributed by atoms with Crippen LogP contribution >= 0.6 is 11.8 Å². The maximum absolute atomic E-state index is 11.5. The minimum atomic E-state index is -0.0502. The molecule has 0 radical (unpaired) electrons. The summed E-state index contributed by atoms with van der Waals surface area (Å²) >= 11 is 1.73. The maximum atomic E-state index is 11.5. The summed E-state index contributed by atoms with van der Waals surface area (Å²) in [7, 11) is 0. The molecule has 0 aliphatic carbocycles. The Labute approximate surface area is 88.8 Å². The number of thioether (sulfide) groups is 1. The summed E-state index contributed by atoms with van der Waals surface area (Å²) in [4.78, 5) is 13.2. The molecule has 1 amide bonds. The van der Waals surface area contributed by atoms with Gasteiger partial charge in [0.2, 0.25) is 5.91 Å². The number of likely N-dealkylation sites (tertiary alicyclic amines) is 1. The van der Waals surface area contributed by atoms with Gasteiger partial charge in [-0.3, -0.25) is 4.79 Å². The fraction of sp³-hybridized carbons (Fsp3) is 0.889. The van der Waals surface area contributed by atoms with Crippen molar-refractivity contribution in [3.05, 3.63) is 0 Å². The Morgan fingerprint density at radius 3 is 2.93 bits per heavy atom. The minimum Gasteiger partial charge on any atom is -0.394 e. The van der Waals surface area contributed by atoms with E-state index in [4.69, 9.17) is 5.73 Å². The molecule has 14 heavy (non-hydrogen) atoms. The Hall–Kier alpha value is -0.260. The van der Waals surface area contributed by atoms with Gasteiger partial charge in [-0.1, -0.05) is 0 Å². The molecule has 0 aromatic carbocycles. The van der Waals surface area contributed by atoms with Crippen LogP contribution in [0.3, 0.4) is 0 Å². The zero-order valence-electron chi connectivity index (χ0n) is 8.48. The number of hydrogen-bond acceptors (Lipinski definition) is 4. The van der Waals surface area contributed by atoms with Gasteiger partial charge in [-0.2, -0.15) is 11.8 Å². The summed E-state index contributed by atoms with van der Waals surface area (Å²) in [5.74, 6) is 1.04. The van der Waals surface area contributed by atoms with Crippen molar-refractivity contribution in [2.45, 2.75) is 24.9 Å². The number of aliphatic hydroxyl groups excluding tert-OH is 1. The van der Waals surface area contributed by atoms with Gasteiger partial charge in [0.25, 0.3) is 0 Å². The van der Waals surface area contributed by atoms with Gasteiger partial charge in [-0.15, -0.1) is 0 Å². The largest absolute Gasteiger partial charge is 0.394 e. The van der Waals surface area contributed by atoms with Crippen LogP contribution in [-0.2, 0) is 4.79 Å². The van der Waals surface area contributed by atoms with Gasteiger partial charge in [0, 0.05) is 19.0 Å². The predicted octanol–water partition coefficient (Wildman–Crippen LogP) is -0.340. The lowest BCUT2D eigenvalue weighted by Gasteiger charge is -2.26. The lowest BCUT2D eigenvalue weighted by Crippen LogP contribution is -2.40. The topological polar surface area (TPSA) is 66.6 Å². The molecule has 0 aromatic rings. The van der Waals surface area contributed by atoms with E-state index in [0.717, 1.165) is 12.2 Å². The van der Waals surface area contributed by atoms with Crippen LogP contribution < -0.4 is 5.73 Å². The molecule has 1 unspecified atom stereocenters. The summed E-state index contributed by atoms with van der Waals surface area (Å²) in [6.07, 6.45) is 3.29. The normalized spacial score (nSPS) is 24.4. The molecule has 1 heterocycles. The van der Waals surface area contributed by atoms with Crippen molar-refractivity contribution in [2.75, 3.05) is 25.2 Å². The number of nitrogens with two attached hydrogens (primary N) is 1. The highest BCUT2D eigenvalue weighted by atomic mass is 32.2. The lowest BCUT2D eigenvalue weighted by molar-refractivity contribution is -0.130. The fourth-order valence-corrected chi connectivity index (χ4v) is 2.22. The number of rotatable bonds is 5. The molecule has 0 spiro atoms. The second-order valence-corrected chi connectivity index (χ2v) is 4.61. The van der Waals surface area contributed by atoms with E-state index in [2.05, 4.69) is 0 Å². The van der Waals surface area contributed by atoms with Gasteiger partial charge in [0.15, 0.2) is 0 Å². The van der Waals surface area contributed by atoms with E-state index in [1.807, 2.05) is 6.26 Å². The summed E-state index contributed by atoms with van der Waals surface area (Å²) < 4.78 is 0. The molecule has 2 atom stereocenters. The molecule has 1 aliphatic rings. The number of nitrogens with zero attached hydrogens (tertiary/aromatic N) is 1. The molecule has 1 fully saturated rings. The first-order valence-electron chi connectivity index (χ1n) is 4.84. The van der Waals surface area contributed by atoms with Gasteiger partial charge in [-0.25, -0.2) is 0 Å². The van der Waals surface area contributed by atoms with Crippen molar-refractivity contribution in [1.82, 2.24) is 4.90 Å². The average molecular weight is 218 g/mol. The van der Waals surface area contributed by atoms with E-state index in [-0.39, 0.29) is 24.6 Å². The van der Waals surface area contributed by atoms with E-state index >= 15 is 0 Å². The van der Waals surface area contributed by atoms with Crippen LogP contribution in [0.4, 0.5) is 0 Å². The molecule has 0 aromatic heterocycles. The van der Waals surface area contributed by atoms with Gasteiger partial charge in [0.05, 0.1) is 12.6 Å². The Morgan fingerprint density at radius 1 is 1.79 bits per heavy atom. The molecule has 5 heteroatoms. The average Bonchev–Trinajstić information content (AvgIpc) is 2.47. The number of aliphatic hydroxyl groups is 1. The molecular formula is C9H18N2O2S. The van der Waals surface area contributed by atoms with Gasteiger partial charge in [-0.05, 0) is 18.4 Å². The zero-order chi connectivity index (χ0) is 10.6. The van der Waals surface area contributed by atoms with Crippen molar-refractivity contribution in [2.24, 2.45) is 5.73 Å². The summed E-state index contributed by atoms with van der Waals surface area (Å²) in [5.41, 5.74) is 5.69. The highest BCUT2D eigenvalue weighted by Crippen LogP contribution is 2.16. The Kier molecular flexibility index (Phi) is 4.71. The van der Waals surface area contributed by atoms with Crippen LogP contribution in [0, 0.1) is 0 Å². The molecular weight excluding hydrogens is 200 g/mol. The quantitative estimate of drug-likeness (QED) is 0.662. The van der Waals surface area contributed by atoms with Crippen molar-refractivity contribution in [3.8, 4) is 0 Å². The summed E-state index contributed by atoms with van der Waals surface area (Å²) in [6, 6.07) is -0.0886. The molecule has 1 rings (SSSR count). The maximum Gasteiger partial charge on any atom is 0.224 e. The highest BCUT2D eigenvalue weighted by molar-refractivity contribution is 7.98. The monoisotopic (exact) mass is 218 g/mol. The Balaban J connectivity index is 2.47. The molecule has 1 saturated heterocycles. The second kappa shape index (κ2) is 5.58. The first-order valence-corrected chi connectivity index (χ1v) is 6.23. The van der Waals surface area contributed by atoms with Crippen LogP contribution in [0.15, 0.2) is 0 Å². The van der Waals surface area contributed by atoms with Gasteiger partial charge in [0.1, 0.15) is 0 Å². The fourth-order valence-electron chi connectivity index (χ4n) is 1.71. The predicted molar refractivity (Wildman–Crippen MR) is 58.2 cm³/mol. The van der Waals surface area contributed by atoms with Crippen molar-refractivity contribution < 1.29 is 9.90 Å². The zero-order valence-corrected chi connectivity index (χ0v) is 9.30. The number of amides is 1. The Bertz CT molecular complexity index is 201. The third kappa shape index (κ3) is 2.87. The van der Waals surface area contributed by atoms with E-state index in [1.54, 1.807) is 16.7 Å². The van der Waals surface area contributed by atoms with Gasteiger partial charge >= 0.3 is 0 Å². The van der Waals surface area contributed by atoms with Crippen LogP contribution in [0.1, 0.15) is 12.8 Å². The third-order valence-corrected chi connectivity index (χ3v) is 3.14. The van der Waals surface area contributed by atoms with Crippen LogP contribution in [0.5, 0.6) is 0 Å². The highest BCUT2D eigenvalue weighted by Gasteiger charge is 2.31. The smallest absolute Gasteiger partial charge is 0.224 e. The lowest BCUT2D eigenvalue weighted by atomic mass is 10.2. The van der Waals surface area contributed by atoms with E-state index in [1.165, 1.54) is 0 Å². The molecule has 0 bridgehead atoms. The van der Waals surface area contributed by atoms with Crippen LogP contribution in [-0.4, -0.2) is 53.2 Å². The summed E-state index contributed by atoms with van der Waals surface area (Å²) in [5, 5.41) is 9.17. The third-order valence-electron chi connectivity index (χ3n) is 2.50. The van der Waals surface area contributed by atoms with Crippen molar-refractivity contribution in [3.63, 3.8) is 0 Å². The molecule has 0 saturated carbocycles. The van der Waals surface area contributed by atoms with Crippen LogP contribution in [0.2, 0.25) is 0 Å². The molecule has 82 valence electrons. The first-order chi connectivity index (χ1) is 6.69. The molecule has 1 aliphatic heterocycles. The van der Waals surface area contributed by atoms with E-state index in [9.17, 15) is 9.90 Å². The first kappa shape index (κ1) is 11.8.